The summed E-state index contributed by atoms with van der Waals surface area (Å²) in [5, 5.41) is 14.4. The normalized spacial score (nSPS) is 12.1. The van der Waals surface area contributed by atoms with E-state index < -0.39 is 17.9 Å². The Morgan fingerprint density at radius 1 is 0.913 bits per heavy atom. The maximum atomic E-state index is 12.1. The number of carbonyl (C=O) groups is 3. The first kappa shape index (κ1) is 18.7. The largest absolute Gasteiger partial charge is 0.480 e. The van der Waals surface area contributed by atoms with Crippen molar-refractivity contribution >= 4 is 17.8 Å². The van der Waals surface area contributed by atoms with Gasteiger partial charge in [-0.2, -0.15) is 0 Å². The zero-order chi connectivity index (χ0) is 17.6. The Labute approximate surface area is 136 Å². The number of hydrogen-bond acceptors (Lipinski definition) is 3. The van der Waals surface area contributed by atoms with Crippen LogP contribution in [-0.4, -0.2) is 35.0 Å². The molecule has 6 nitrogen and oxygen atoms in total. The summed E-state index contributed by atoms with van der Waals surface area (Å²) >= 11 is 0. The van der Waals surface area contributed by atoms with Gasteiger partial charge in [-0.25, -0.2) is 4.79 Å². The first-order chi connectivity index (χ1) is 10.7. The van der Waals surface area contributed by atoms with Gasteiger partial charge in [-0.1, -0.05) is 13.8 Å². The lowest BCUT2D eigenvalue weighted by Gasteiger charge is -2.16. The molecule has 0 bridgehead atoms. The van der Waals surface area contributed by atoms with Gasteiger partial charge in [-0.3, -0.25) is 9.59 Å². The molecule has 0 aromatic heterocycles. The predicted molar refractivity (Wildman–Crippen MR) is 87.4 cm³/mol. The van der Waals surface area contributed by atoms with E-state index in [1.807, 2.05) is 27.7 Å². The van der Waals surface area contributed by atoms with Crippen LogP contribution in [-0.2, 0) is 4.79 Å². The summed E-state index contributed by atoms with van der Waals surface area (Å²) in [7, 11) is 0. The zero-order valence-electron chi connectivity index (χ0n) is 13.9. The van der Waals surface area contributed by atoms with Gasteiger partial charge in [0.1, 0.15) is 6.04 Å². The lowest BCUT2D eigenvalue weighted by atomic mass is 10.0. The van der Waals surface area contributed by atoms with Gasteiger partial charge in [-0.05, 0) is 50.5 Å². The Kier molecular flexibility index (Phi) is 6.75. The summed E-state index contributed by atoms with van der Waals surface area (Å²) in [6, 6.07) is 5.22. The van der Waals surface area contributed by atoms with E-state index in [1.165, 1.54) is 12.1 Å². The second-order valence-electron chi connectivity index (χ2n) is 6.20. The van der Waals surface area contributed by atoms with Crippen molar-refractivity contribution in [3.8, 4) is 0 Å². The van der Waals surface area contributed by atoms with Crippen molar-refractivity contribution in [3.63, 3.8) is 0 Å². The topological polar surface area (TPSA) is 95.5 Å². The van der Waals surface area contributed by atoms with Gasteiger partial charge in [-0.15, -0.1) is 0 Å². The molecular formula is C17H24N2O4. The van der Waals surface area contributed by atoms with Gasteiger partial charge in [0.25, 0.3) is 11.8 Å². The molecule has 0 aliphatic carbocycles. The summed E-state index contributed by atoms with van der Waals surface area (Å²) in [5.41, 5.74) is 0.772. The maximum Gasteiger partial charge on any atom is 0.326 e. The highest BCUT2D eigenvalue weighted by molar-refractivity contribution is 5.99. The van der Waals surface area contributed by atoms with E-state index in [0.717, 1.165) is 0 Å². The molecule has 2 amide bonds. The van der Waals surface area contributed by atoms with Crippen LogP contribution in [0.1, 0.15) is 54.8 Å². The van der Waals surface area contributed by atoms with Crippen LogP contribution in [0.5, 0.6) is 0 Å². The van der Waals surface area contributed by atoms with E-state index in [9.17, 15) is 14.4 Å². The van der Waals surface area contributed by atoms with Crippen molar-refractivity contribution in [1.29, 1.82) is 0 Å². The minimum atomic E-state index is -1.06. The molecule has 1 rings (SSSR count). The lowest BCUT2D eigenvalue weighted by Crippen LogP contribution is -2.41. The molecule has 0 unspecified atom stereocenters. The number of benzene rings is 1. The highest BCUT2D eigenvalue weighted by Gasteiger charge is 2.21. The van der Waals surface area contributed by atoms with Gasteiger partial charge >= 0.3 is 5.97 Å². The highest BCUT2D eigenvalue weighted by Crippen LogP contribution is 2.08. The minimum absolute atomic E-state index is 0.0258. The Morgan fingerprint density at radius 3 is 1.70 bits per heavy atom. The number of rotatable bonds is 7. The smallest absolute Gasteiger partial charge is 0.326 e. The van der Waals surface area contributed by atoms with Gasteiger partial charge in [0.15, 0.2) is 0 Å². The SMILES string of the molecule is CC(C)C[C@H](NC(=O)c1ccc(C(=O)NC(C)C)cc1)C(=O)O. The maximum absolute atomic E-state index is 12.1. The van der Waals surface area contributed by atoms with Crippen LogP contribution >= 0.6 is 0 Å². The van der Waals surface area contributed by atoms with Crippen LogP contribution in [0.3, 0.4) is 0 Å². The third kappa shape index (κ3) is 6.10. The monoisotopic (exact) mass is 320 g/mol. The van der Waals surface area contributed by atoms with E-state index in [-0.39, 0.29) is 17.9 Å². The predicted octanol–water partition coefficient (Wildman–Crippen LogP) is 2.05. The second kappa shape index (κ2) is 8.31. The fourth-order valence-electron chi connectivity index (χ4n) is 2.05. The second-order valence-corrected chi connectivity index (χ2v) is 6.20. The third-order valence-electron chi connectivity index (χ3n) is 3.14. The van der Waals surface area contributed by atoms with Crippen molar-refractivity contribution in [2.24, 2.45) is 5.92 Å². The molecule has 3 N–H and O–H groups in total. The Balaban J connectivity index is 2.77. The summed E-state index contributed by atoms with van der Waals surface area (Å²) in [6.45, 7) is 7.51. The first-order valence-corrected chi connectivity index (χ1v) is 7.65. The number of hydrogen-bond donors (Lipinski definition) is 3. The standard InChI is InChI=1S/C17H24N2O4/c1-10(2)9-14(17(22)23)19-16(21)13-7-5-12(6-8-13)15(20)18-11(3)4/h5-8,10-11,14H,9H2,1-4H3,(H,18,20)(H,19,21)(H,22,23)/t14-/m0/s1. The van der Waals surface area contributed by atoms with Gasteiger partial charge in [0.05, 0.1) is 0 Å². The average Bonchev–Trinajstić information content (AvgIpc) is 2.45. The Morgan fingerprint density at radius 2 is 1.35 bits per heavy atom. The Hall–Kier alpha value is -2.37. The molecular weight excluding hydrogens is 296 g/mol. The molecule has 1 atom stereocenters. The van der Waals surface area contributed by atoms with Gasteiger partial charge in [0.2, 0.25) is 0 Å². The van der Waals surface area contributed by atoms with Crippen molar-refractivity contribution < 1.29 is 19.5 Å². The van der Waals surface area contributed by atoms with Crippen LogP contribution in [0.4, 0.5) is 0 Å². The van der Waals surface area contributed by atoms with E-state index in [0.29, 0.717) is 17.5 Å². The van der Waals surface area contributed by atoms with E-state index in [1.54, 1.807) is 12.1 Å². The quantitative estimate of drug-likeness (QED) is 0.716. The number of carboxylic acids is 1. The van der Waals surface area contributed by atoms with Crippen LogP contribution in [0.15, 0.2) is 24.3 Å². The van der Waals surface area contributed by atoms with Crippen LogP contribution < -0.4 is 10.6 Å². The van der Waals surface area contributed by atoms with Crippen molar-refractivity contribution in [1.82, 2.24) is 10.6 Å². The molecule has 0 saturated carbocycles. The molecule has 1 aromatic carbocycles. The molecule has 0 aliphatic rings. The van der Waals surface area contributed by atoms with Crippen LogP contribution in [0.25, 0.3) is 0 Å². The lowest BCUT2D eigenvalue weighted by molar-refractivity contribution is -0.139. The number of carbonyl (C=O) groups excluding carboxylic acids is 2. The molecule has 0 spiro atoms. The molecule has 0 saturated heterocycles. The van der Waals surface area contributed by atoms with Crippen molar-refractivity contribution in [3.05, 3.63) is 35.4 Å². The zero-order valence-corrected chi connectivity index (χ0v) is 13.9. The van der Waals surface area contributed by atoms with Crippen molar-refractivity contribution in [2.45, 2.75) is 46.2 Å². The fraction of sp³-hybridized carbons (Fsp3) is 0.471. The minimum Gasteiger partial charge on any atom is -0.480 e. The van der Waals surface area contributed by atoms with Crippen LogP contribution in [0, 0.1) is 5.92 Å². The fourth-order valence-corrected chi connectivity index (χ4v) is 2.05. The summed E-state index contributed by atoms with van der Waals surface area (Å²) in [4.78, 5) is 35.1. The van der Waals surface area contributed by atoms with Gasteiger partial charge < -0.3 is 15.7 Å². The molecule has 0 fully saturated rings. The summed E-state index contributed by atoms with van der Waals surface area (Å²) in [6.07, 6.45) is 0.357. The first-order valence-electron chi connectivity index (χ1n) is 7.65. The van der Waals surface area contributed by atoms with Gasteiger partial charge in [0, 0.05) is 17.2 Å². The molecule has 1 aromatic rings. The van der Waals surface area contributed by atoms with Crippen molar-refractivity contribution in [2.75, 3.05) is 0 Å². The Bertz CT molecular complexity index is 564. The number of nitrogens with one attached hydrogen (secondary N) is 2. The van der Waals surface area contributed by atoms with E-state index in [4.69, 9.17) is 5.11 Å². The highest BCUT2D eigenvalue weighted by atomic mass is 16.4. The van der Waals surface area contributed by atoms with E-state index >= 15 is 0 Å². The molecule has 126 valence electrons. The van der Waals surface area contributed by atoms with E-state index in [2.05, 4.69) is 10.6 Å². The van der Waals surface area contributed by atoms with Crippen LogP contribution in [0.2, 0.25) is 0 Å². The third-order valence-corrected chi connectivity index (χ3v) is 3.14. The molecule has 0 aliphatic heterocycles. The number of aliphatic carboxylic acids is 1. The summed E-state index contributed by atoms with van der Waals surface area (Å²) < 4.78 is 0. The summed E-state index contributed by atoms with van der Waals surface area (Å²) in [5.74, 6) is -1.58. The molecule has 6 heteroatoms. The number of amides is 2. The molecule has 23 heavy (non-hydrogen) atoms. The molecule has 0 radical (unpaired) electrons. The average molecular weight is 320 g/mol. The number of carboxylic acid groups (broad SMARTS) is 1. The molecule has 0 heterocycles.